The number of halogens is 1. The minimum atomic E-state index is -0.553. The van der Waals surface area contributed by atoms with Gasteiger partial charge in [-0.3, -0.25) is 14.9 Å². The standard InChI is InChI=1S/C11H13BrN2O3/c1-8(6-12)7-13-11(15)9-4-2-3-5-10(9)14(16)17/h2-5,8H,6-7H2,1H3,(H,13,15). The first kappa shape index (κ1) is 13.6. The molecule has 17 heavy (non-hydrogen) atoms. The van der Waals surface area contributed by atoms with Crippen LogP contribution in [0.2, 0.25) is 0 Å². The lowest BCUT2D eigenvalue weighted by Crippen LogP contribution is -2.29. The van der Waals surface area contributed by atoms with Crippen LogP contribution in [0.3, 0.4) is 0 Å². The maximum absolute atomic E-state index is 11.8. The van der Waals surface area contributed by atoms with Crippen LogP contribution in [-0.4, -0.2) is 22.7 Å². The highest BCUT2D eigenvalue weighted by molar-refractivity contribution is 9.09. The first-order chi connectivity index (χ1) is 8.06. The van der Waals surface area contributed by atoms with E-state index in [1.165, 1.54) is 18.2 Å². The molecule has 0 fully saturated rings. The summed E-state index contributed by atoms with van der Waals surface area (Å²) in [6.07, 6.45) is 0. The van der Waals surface area contributed by atoms with Gasteiger partial charge in [0.1, 0.15) is 5.56 Å². The lowest BCUT2D eigenvalue weighted by atomic mass is 10.1. The summed E-state index contributed by atoms with van der Waals surface area (Å²) in [5.41, 5.74) is -0.0734. The third kappa shape index (κ3) is 3.81. The lowest BCUT2D eigenvalue weighted by Gasteiger charge is -2.09. The number of rotatable bonds is 5. The minimum absolute atomic E-state index is 0.0965. The molecule has 0 aliphatic rings. The van der Waals surface area contributed by atoms with Gasteiger partial charge in [0.05, 0.1) is 4.92 Å². The number of nitro benzene ring substituents is 1. The van der Waals surface area contributed by atoms with Crippen LogP contribution in [0.5, 0.6) is 0 Å². The molecule has 1 aromatic rings. The number of hydrogen-bond donors (Lipinski definition) is 1. The van der Waals surface area contributed by atoms with Crippen LogP contribution in [0.25, 0.3) is 0 Å². The molecule has 1 amide bonds. The van der Waals surface area contributed by atoms with E-state index in [-0.39, 0.29) is 17.2 Å². The molecule has 0 radical (unpaired) electrons. The molecule has 0 aliphatic carbocycles. The summed E-state index contributed by atoms with van der Waals surface area (Å²) in [6.45, 7) is 2.45. The Morgan fingerprint density at radius 3 is 2.76 bits per heavy atom. The fraction of sp³-hybridized carbons (Fsp3) is 0.364. The van der Waals surface area contributed by atoms with Crippen LogP contribution in [0.15, 0.2) is 24.3 Å². The summed E-state index contributed by atoms with van der Waals surface area (Å²) in [4.78, 5) is 21.9. The fourth-order valence-electron chi connectivity index (χ4n) is 1.24. The molecule has 0 heterocycles. The van der Waals surface area contributed by atoms with Crippen molar-refractivity contribution in [1.29, 1.82) is 0 Å². The predicted octanol–water partition coefficient (Wildman–Crippen LogP) is 2.36. The first-order valence-electron chi connectivity index (χ1n) is 5.13. The van der Waals surface area contributed by atoms with Crippen molar-refractivity contribution >= 4 is 27.5 Å². The Morgan fingerprint density at radius 2 is 2.18 bits per heavy atom. The maximum Gasteiger partial charge on any atom is 0.282 e. The van der Waals surface area contributed by atoms with Gasteiger partial charge in [-0.25, -0.2) is 0 Å². The topological polar surface area (TPSA) is 72.2 Å². The Labute approximate surface area is 107 Å². The highest BCUT2D eigenvalue weighted by Crippen LogP contribution is 2.17. The first-order valence-corrected chi connectivity index (χ1v) is 6.26. The van der Waals surface area contributed by atoms with E-state index in [0.717, 1.165) is 5.33 Å². The number of nitrogens with one attached hydrogen (secondary N) is 1. The molecule has 1 atom stereocenters. The van der Waals surface area contributed by atoms with Crippen molar-refractivity contribution in [2.75, 3.05) is 11.9 Å². The zero-order valence-corrected chi connectivity index (χ0v) is 10.9. The Morgan fingerprint density at radius 1 is 1.53 bits per heavy atom. The van der Waals surface area contributed by atoms with Crippen molar-refractivity contribution in [2.45, 2.75) is 6.92 Å². The average Bonchev–Trinajstić information content (AvgIpc) is 2.35. The molecule has 1 N–H and O–H groups in total. The summed E-state index contributed by atoms with van der Waals surface area (Å²) < 4.78 is 0. The Hall–Kier alpha value is -1.43. The normalized spacial score (nSPS) is 11.9. The number of carbonyl (C=O) groups excluding carboxylic acids is 1. The molecule has 1 aromatic carbocycles. The van der Waals surface area contributed by atoms with Gasteiger partial charge in [-0.15, -0.1) is 0 Å². The number of hydrogen-bond acceptors (Lipinski definition) is 3. The van der Waals surface area contributed by atoms with E-state index in [1.54, 1.807) is 6.07 Å². The summed E-state index contributed by atoms with van der Waals surface area (Å²) in [7, 11) is 0. The second kappa shape index (κ2) is 6.34. The van der Waals surface area contributed by atoms with Crippen molar-refractivity contribution in [1.82, 2.24) is 5.32 Å². The number of para-hydroxylation sites is 1. The van der Waals surface area contributed by atoms with E-state index in [2.05, 4.69) is 21.2 Å². The second-order valence-corrected chi connectivity index (χ2v) is 4.39. The molecular formula is C11H13BrN2O3. The summed E-state index contributed by atoms with van der Waals surface area (Å²) in [5.74, 6) is -0.133. The van der Waals surface area contributed by atoms with E-state index in [9.17, 15) is 14.9 Å². The molecule has 0 saturated carbocycles. The van der Waals surface area contributed by atoms with Crippen LogP contribution < -0.4 is 5.32 Å². The number of amides is 1. The Balaban J connectivity index is 2.78. The lowest BCUT2D eigenvalue weighted by molar-refractivity contribution is -0.385. The number of carbonyl (C=O) groups is 1. The van der Waals surface area contributed by atoms with Gasteiger partial charge in [0, 0.05) is 17.9 Å². The van der Waals surface area contributed by atoms with E-state index in [1.807, 2.05) is 6.92 Å². The second-order valence-electron chi connectivity index (χ2n) is 3.74. The third-order valence-electron chi connectivity index (χ3n) is 2.22. The monoisotopic (exact) mass is 300 g/mol. The Bertz CT molecular complexity index is 423. The molecule has 6 heteroatoms. The van der Waals surface area contributed by atoms with Crippen LogP contribution in [0.1, 0.15) is 17.3 Å². The minimum Gasteiger partial charge on any atom is -0.352 e. The van der Waals surface area contributed by atoms with Gasteiger partial charge in [-0.05, 0) is 12.0 Å². The van der Waals surface area contributed by atoms with Crippen LogP contribution in [0, 0.1) is 16.0 Å². The number of alkyl halides is 1. The predicted molar refractivity (Wildman–Crippen MR) is 68.4 cm³/mol. The van der Waals surface area contributed by atoms with E-state index >= 15 is 0 Å². The van der Waals surface area contributed by atoms with Gasteiger partial charge >= 0.3 is 0 Å². The largest absolute Gasteiger partial charge is 0.352 e. The van der Waals surface area contributed by atoms with E-state index in [4.69, 9.17) is 0 Å². The van der Waals surface area contributed by atoms with Crippen LogP contribution in [0.4, 0.5) is 5.69 Å². The SMILES string of the molecule is CC(CBr)CNC(=O)c1ccccc1[N+](=O)[O-]. The summed E-state index contributed by atoms with van der Waals surface area (Å²) >= 11 is 3.30. The highest BCUT2D eigenvalue weighted by atomic mass is 79.9. The molecule has 92 valence electrons. The fourth-order valence-corrected chi connectivity index (χ4v) is 1.47. The molecule has 0 aromatic heterocycles. The zero-order valence-electron chi connectivity index (χ0n) is 9.35. The molecule has 0 aliphatic heterocycles. The quantitative estimate of drug-likeness (QED) is 0.515. The van der Waals surface area contributed by atoms with Gasteiger partial charge in [0.25, 0.3) is 11.6 Å². The van der Waals surface area contributed by atoms with Crippen molar-refractivity contribution < 1.29 is 9.72 Å². The van der Waals surface area contributed by atoms with Crippen molar-refractivity contribution in [3.63, 3.8) is 0 Å². The van der Waals surface area contributed by atoms with Crippen molar-refractivity contribution in [2.24, 2.45) is 5.92 Å². The van der Waals surface area contributed by atoms with Crippen LogP contribution >= 0.6 is 15.9 Å². The molecule has 0 bridgehead atoms. The smallest absolute Gasteiger partial charge is 0.282 e. The van der Waals surface area contributed by atoms with Crippen LogP contribution in [-0.2, 0) is 0 Å². The molecular weight excluding hydrogens is 288 g/mol. The Kier molecular flexibility index (Phi) is 5.09. The maximum atomic E-state index is 11.8. The molecule has 1 unspecified atom stereocenters. The van der Waals surface area contributed by atoms with E-state index in [0.29, 0.717) is 6.54 Å². The molecule has 5 nitrogen and oxygen atoms in total. The number of benzene rings is 1. The third-order valence-corrected chi connectivity index (χ3v) is 3.33. The highest BCUT2D eigenvalue weighted by Gasteiger charge is 2.18. The van der Waals surface area contributed by atoms with Gasteiger partial charge in [0.15, 0.2) is 0 Å². The molecule has 0 saturated heterocycles. The van der Waals surface area contributed by atoms with Gasteiger partial charge in [-0.2, -0.15) is 0 Å². The van der Waals surface area contributed by atoms with Gasteiger partial charge in [-0.1, -0.05) is 35.0 Å². The molecule has 0 spiro atoms. The van der Waals surface area contributed by atoms with Gasteiger partial charge in [0.2, 0.25) is 0 Å². The zero-order chi connectivity index (χ0) is 12.8. The van der Waals surface area contributed by atoms with Crippen molar-refractivity contribution in [3.8, 4) is 0 Å². The molecule has 1 rings (SSSR count). The average molecular weight is 301 g/mol. The van der Waals surface area contributed by atoms with E-state index < -0.39 is 10.8 Å². The van der Waals surface area contributed by atoms with Gasteiger partial charge < -0.3 is 5.32 Å². The number of nitrogens with zero attached hydrogens (tertiary/aromatic N) is 1. The summed E-state index contributed by atoms with van der Waals surface area (Å²) in [6, 6.07) is 5.92. The van der Waals surface area contributed by atoms with Crippen molar-refractivity contribution in [3.05, 3.63) is 39.9 Å². The number of nitro groups is 1. The summed E-state index contributed by atoms with van der Waals surface area (Å²) in [5, 5.41) is 14.2.